The van der Waals surface area contributed by atoms with Crippen molar-refractivity contribution in [3.05, 3.63) is 68.8 Å². The predicted molar refractivity (Wildman–Crippen MR) is 125 cm³/mol. The predicted octanol–water partition coefficient (Wildman–Crippen LogP) is 6.03. The van der Waals surface area contributed by atoms with Crippen LogP contribution in [0.5, 0.6) is 5.75 Å². The standard InChI is InChI=1S/C22H17Cl2N3O3S/c1-11-13(20-15(23)4-5-16(24)21(20)31-11)6-7-25-19-9-17(26-10-27-19)12-2-3-14(22(29)30)18(28)8-12/h2-5,8-10,28H,6-7H2,1H3,(H,29,30)(H,25,26,27). The maximum absolute atomic E-state index is 11.1. The van der Waals surface area contributed by atoms with E-state index in [1.807, 2.05) is 12.1 Å². The van der Waals surface area contributed by atoms with E-state index in [0.29, 0.717) is 33.7 Å². The highest BCUT2D eigenvalue weighted by atomic mass is 35.5. The number of aromatic nitrogens is 2. The number of thiophene rings is 1. The third-order valence-electron chi connectivity index (χ3n) is 4.91. The topological polar surface area (TPSA) is 95.3 Å². The van der Waals surface area contributed by atoms with Gasteiger partial charge in [0, 0.05) is 33.5 Å². The van der Waals surface area contributed by atoms with E-state index >= 15 is 0 Å². The van der Waals surface area contributed by atoms with Crippen molar-refractivity contribution in [1.29, 1.82) is 0 Å². The molecule has 0 spiro atoms. The van der Waals surface area contributed by atoms with E-state index in [1.165, 1.54) is 23.3 Å². The molecule has 0 atom stereocenters. The van der Waals surface area contributed by atoms with Crippen molar-refractivity contribution < 1.29 is 15.0 Å². The molecule has 158 valence electrons. The van der Waals surface area contributed by atoms with Gasteiger partial charge in [-0.05, 0) is 43.2 Å². The second kappa shape index (κ2) is 8.70. The van der Waals surface area contributed by atoms with Gasteiger partial charge >= 0.3 is 5.97 Å². The molecule has 0 bridgehead atoms. The average molecular weight is 474 g/mol. The molecular formula is C22H17Cl2N3O3S. The maximum Gasteiger partial charge on any atom is 0.339 e. The number of rotatable bonds is 6. The molecule has 0 saturated heterocycles. The largest absolute Gasteiger partial charge is 0.507 e. The summed E-state index contributed by atoms with van der Waals surface area (Å²) in [6, 6.07) is 9.70. The van der Waals surface area contributed by atoms with E-state index in [1.54, 1.807) is 23.5 Å². The first-order valence-corrected chi connectivity index (χ1v) is 10.9. The van der Waals surface area contributed by atoms with E-state index in [9.17, 15) is 9.90 Å². The highest BCUT2D eigenvalue weighted by molar-refractivity contribution is 7.20. The van der Waals surface area contributed by atoms with Crippen molar-refractivity contribution in [2.24, 2.45) is 0 Å². The van der Waals surface area contributed by atoms with Gasteiger partial charge in [-0.15, -0.1) is 11.3 Å². The van der Waals surface area contributed by atoms with Crippen LogP contribution in [0.25, 0.3) is 21.3 Å². The number of carbonyl (C=O) groups is 1. The highest BCUT2D eigenvalue weighted by Gasteiger charge is 2.15. The van der Waals surface area contributed by atoms with Gasteiger partial charge in [-0.25, -0.2) is 14.8 Å². The van der Waals surface area contributed by atoms with Gasteiger partial charge in [0.1, 0.15) is 23.5 Å². The molecule has 0 saturated carbocycles. The summed E-state index contributed by atoms with van der Waals surface area (Å²) in [5.41, 5.74) is 2.16. The number of hydrogen-bond acceptors (Lipinski definition) is 6. The molecule has 0 aliphatic heterocycles. The number of aromatic carboxylic acids is 1. The first-order chi connectivity index (χ1) is 14.8. The smallest absolute Gasteiger partial charge is 0.339 e. The SMILES string of the molecule is Cc1sc2c(Cl)ccc(Cl)c2c1CCNc1cc(-c2ccc(C(=O)O)c(O)c2)ncn1. The van der Waals surface area contributed by atoms with Crippen molar-refractivity contribution in [2.45, 2.75) is 13.3 Å². The van der Waals surface area contributed by atoms with Gasteiger partial charge in [-0.3, -0.25) is 0 Å². The molecule has 3 N–H and O–H groups in total. The van der Waals surface area contributed by atoms with Crippen LogP contribution in [-0.4, -0.2) is 32.7 Å². The third kappa shape index (κ3) is 4.30. The van der Waals surface area contributed by atoms with Gasteiger partial charge in [-0.2, -0.15) is 0 Å². The van der Waals surface area contributed by atoms with E-state index < -0.39 is 5.97 Å². The van der Waals surface area contributed by atoms with Crippen LogP contribution in [0, 0.1) is 6.92 Å². The van der Waals surface area contributed by atoms with Crippen molar-refractivity contribution in [1.82, 2.24) is 9.97 Å². The highest BCUT2D eigenvalue weighted by Crippen LogP contribution is 2.40. The molecule has 0 fully saturated rings. The van der Waals surface area contributed by atoms with E-state index in [0.717, 1.165) is 22.1 Å². The Labute approximate surface area is 192 Å². The Morgan fingerprint density at radius 2 is 1.90 bits per heavy atom. The minimum atomic E-state index is -1.19. The Morgan fingerprint density at radius 1 is 1.13 bits per heavy atom. The normalized spacial score (nSPS) is 11.1. The summed E-state index contributed by atoms with van der Waals surface area (Å²) in [6.07, 6.45) is 2.15. The fourth-order valence-electron chi connectivity index (χ4n) is 3.41. The summed E-state index contributed by atoms with van der Waals surface area (Å²) in [5, 5.41) is 24.7. The van der Waals surface area contributed by atoms with Gasteiger partial charge in [0.05, 0.1) is 15.4 Å². The first-order valence-electron chi connectivity index (χ1n) is 9.33. The average Bonchev–Trinajstić information content (AvgIpc) is 3.08. The van der Waals surface area contributed by atoms with Gasteiger partial charge in [0.2, 0.25) is 0 Å². The van der Waals surface area contributed by atoms with Crippen LogP contribution < -0.4 is 5.32 Å². The molecule has 6 nitrogen and oxygen atoms in total. The number of nitrogens with one attached hydrogen (secondary N) is 1. The number of carboxylic acid groups (broad SMARTS) is 1. The zero-order valence-corrected chi connectivity index (χ0v) is 18.6. The molecule has 4 rings (SSSR count). The molecule has 0 amide bonds. The third-order valence-corrected chi connectivity index (χ3v) is 6.84. The number of fused-ring (bicyclic) bond motifs is 1. The van der Waals surface area contributed by atoms with Crippen LogP contribution in [0.3, 0.4) is 0 Å². The van der Waals surface area contributed by atoms with Gasteiger partial charge < -0.3 is 15.5 Å². The minimum Gasteiger partial charge on any atom is -0.507 e. The lowest BCUT2D eigenvalue weighted by molar-refractivity contribution is 0.0694. The Hall–Kier alpha value is -2.87. The van der Waals surface area contributed by atoms with Crippen LogP contribution in [0.1, 0.15) is 20.8 Å². The van der Waals surface area contributed by atoms with Crippen LogP contribution in [-0.2, 0) is 6.42 Å². The Morgan fingerprint density at radius 3 is 2.65 bits per heavy atom. The van der Waals surface area contributed by atoms with E-state index in [4.69, 9.17) is 28.3 Å². The van der Waals surface area contributed by atoms with Crippen molar-refractivity contribution >= 4 is 56.4 Å². The van der Waals surface area contributed by atoms with E-state index in [-0.39, 0.29) is 11.3 Å². The van der Waals surface area contributed by atoms with Crippen molar-refractivity contribution in [3.8, 4) is 17.0 Å². The number of halogens is 2. The number of benzene rings is 2. The zero-order valence-electron chi connectivity index (χ0n) is 16.3. The Balaban J connectivity index is 1.52. The van der Waals surface area contributed by atoms with Gasteiger partial charge in [0.15, 0.2) is 0 Å². The number of hydrogen-bond donors (Lipinski definition) is 3. The molecule has 2 aromatic carbocycles. The van der Waals surface area contributed by atoms with Crippen LogP contribution in [0.4, 0.5) is 5.82 Å². The monoisotopic (exact) mass is 473 g/mol. The number of aryl methyl sites for hydroxylation is 1. The van der Waals surface area contributed by atoms with Crippen molar-refractivity contribution in [3.63, 3.8) is 0 Å². The van der Waals surface area contributed by atoms with Crippen LogP contribution in [0.2, 0.25) is 10.0 Å². The fraction of sp³-hybridized carbons (Fsp3) is 0.136. The summed E-state index contributed by atoms with van der Waals surface area (Å²) in [6.45, 7) is 2.68. The van der Waals surface area contributed by atoms with Crippen LogP contribution in [0.15, 0.2) is 42.7 Å². The Bertz CT molecular complexity index is 1310. The summed E-state index contributed by atoms with van der Waals surface area (Å²) < 4.78 is 0.996. The maximum atomic E-state index is 11.1. The number of nitrogens with zero attached hydrogens (tertiary/aromatic N) is 2. The summed E-state index contributed by atoms with van der Waals surface area (Å²) in [7, 11) is 0. The number of carboxylic acids is 1. The lowest BCUT2D eigenvalue weighted by atomic mass is 10.1. The molecule has 0 unspecified atom stereocenters. The zero-order chi connectivity index (χ0) is 22.1. The molecule has 2 aromatic heterocycles. The summed E-state index contributed by atoms with van der Waals surface area (Å²) >= 11 is 14.4. The molecule has 2 heterocycles. The van der Waals surface area contributed by atoms with E-state index in [2.05, 4.69) is 22.2 Å². The first kappa shape index (κ1) is 21.4. The molecule has 0 aliphatic rings. The molecule has 0 radical (unpaired) electrons. The molecular weight excluding hydrogens is 457 g/mol. The molecule has 0 aliphatic carbocycles. The van der Waals surface area contributed by atoms with Gasteiger partial charge in [0.25, 0.3) is 0 Å². The number of aromatic hydroxyl groups is 1. The summed E-state index contributed by atoms with van der Waals surface area (Å²) in [5.74, 6) is -0.881. The fourth-order valence-corrected chi connectivity index (χ4v) is 5.14. The van der Waals surface area contributed by atoms with Crippen molar-refractivity contribution in [2.75, 3.05) is 11.9 Å². The minimum absolute atomic E-state index is 0.159. The lowest BCUT2D eigenvalue weighted by Crippen LogP contribution is -2.07. The van der Waals surface area contributed by atoms with Gasteiger partial charge in [-0.1, -0.05) is 29.3 Å². The molecule has 9 heteroatoms. The second-order valence-corrected chi connectivity index (χ2v) is 8.91. The Kier molecular flexibility index (Phi) is 6.00. The molecule has 4 aromatic rings. The number of anilines is 1. The summed E-state index contributed by atoms with van der Waals surface area (Å²) in [4.78, 5) is 20.7. The quantitative estimate of drug-likeness (QED) is 0.316. The lowest BCUT2D eigenvalue weighted by Gasteiger charge is -2.09. The van der Waals surface area contributed by atoms with Crippen LogP contribution >= 0.6 is 34.5 Å². The number of phenols is 1. The second-order valence-electron chi connectivity index (χ2n) is 6.87. The molecule has 31 heavy (non-hydrogen) atoms.